The first-order valence-electron chi connectivity index (χ1n) is 8.41. The molecule has 10 heteroatoms. The van der Waals surface area contributed by atoms with Crippen LogP contribution >= 0.6 is 11.3 Å². The van der Waals surface area contributed by atoms with Crippen LogP contribution in [0.1, 0.15) is 16.1 Å². The minimum Gasteiger partial charge on any atom is -0.484 e. The van der Waals surface area contributed by atoms with Gasteiger partial charge in [-0.05, 0) is 24.6 Å². The minimum atomic E-state index is -3.46. The summed E-state index contributed by atoms with van der Waals surface area (Å²) < 4.78 is 32.6. The Labute approximate surface area is 163 Å². The van der Waals surface area contributed by atoms with Crippen LogP contribution in [-0.4, -0.2) is 55.2 Å². The van der Waals surface area contributed by atoms with Crippen LogP contribution in [-0.2, 0) is 28.0 Å². The third-order valence-electron chi connectivity index (χ3n) is 4.09. The Morgan fingerprint density at radius 2 is 2.19 bits per heavy atom. The van der Waals surface area contributed by atoms with E-state index in [0.717, 1.165) is 16.1 Å². The van der Waals surface area contributed by atoms with Crippen LogP contribution in [0, 0.1) is 6.92 Å². The van der Waals surface area contributed by atoms with Crippen LogP contribution in [0.15, 0.2) is 24.3 Å². The van der Waals surface area contributed by atoms with Crippen molar-refractivity contribution < 1.29 is 17.9 Å². The predicted molar refractivity (Wildman–Crippen MR) is 104 cm³/mol. The van der Waals surface area contributed by atoms with Crippen molar-refractivity contribution >= 4 is 32.6 Å². The molecule has 1 N–H and O–H groups in total. The van der Waals surface area contributed by atoms with Crippen LogP contribution in [0.3, 0.4) is 0 Å². The molecule has 0 spiro atoms. The van der Waals surface area contributed by atoms with Crippen molar-refractivity contribution in [3.63, 3.8) is 0 Å². The van der Waals surface area contributed by atoms with E-state index in [0.29, 0.717) is 23.8 Å². The number of amides is 1. The largest absolute Gasteiger partial charge is 0.484 e. The van der Waals surface area contributed by atoms with E-state index in [1.165, 1.54) is 34.0 Å². The van der Waals surface area contributed by atoms with Gasteiger partial charge >= 0.3 is 0 Å². The number of fused-ring (bicyclic) bond motifs is 1. The van der Waals surface area contributed by atoms with Crippen molar-refractivity contribution in [1.29, 1.82) is 0 Å². The molecule has 146 valence electrons. The zero-order chi connectivity index (χ0) is 19.6. The van der Waals surface area contributed by atoms with E-state index in [9.17, 15) is 13.2 Å². The molecule has 0 radical (unpaired) electrons. The first-order chi connectivity index (χ1) is 12.8. The number of carbonyl (C=O) groups is 1. The molecule has 2 aromatic rings. The molecule has 0 aliphatic carbocycles. The highest BCUT2D eigenvalue weighted by Crippen LogP contribution is 2.29. The molecule has 3 rings (SSSR count). The number of aryl methyl sites for hydroxylation is 1. The van der Waals surface area contributed by atoms with Gasteiger partial charge in [0, 0.05) is 31.9 Å². The molecular weight excluding hydrogens is 388 g/mol. The van der Waals surface area contributed by atoms with Crippen molar-refractivity contribution in [2.45, 2.75) is 19.9 Å². The van der Waals surface area contributed by atoms with Gasteiger partial charge in [0.25, 0.3) is 16.1 Å². The maximum Gasteiger partial charge on any atom is 0.281 e. The van der Waals surface area contributed by atoms with E-state index in [-0.39, 0.29) is 19.1 Å². The Balaban J connectivity index is 1.60. The second kappa shape index (κ2) is 7.93. The molecule has 1 aromatic heterocycles. The Hall–Kier alpha value is -2.01. The highest BCUT2D eigenvalue weighted by atomic mass is 32.2. The third kappa shape index (κ3) is 4.64. The van der Waals surface area contributed by atoms with Gasteiger partial charge in [0.2, 0.25) is 0 Å². The van der Waals surface area contributed by atoms with E-state index in [4.69, 9.17) is 4.74 Å². The number of nitrogens with zero attached hydrogens (tertiary/aromatic N) is 3. The van der Waals surface area contributed by atoms with E-state index < -0.39 is 10.2 Å². The molecule has 1 aliphatic rings. The van der Waals surface area contributed by atoms with Crippen molar-refractivity contribution in [1.82, 2.24) is 13.6 Å². The van der Waals surface area contributed by atoms with Crippen LogP contribution < -0.4 is 10.1 Å². The molecule has 1 aromatic carbocycles. The maximum absolute atomic E-state index is 12.3. The van der Waals surface area contributed by atoms with Crippen molar-refractivity contribution in [2.75, 3.05) is 32.6 Å². The van der Waals surface area contributed by atoms with Crippen molar-refractivity contribution in [2.24, 2.45) is 0 Å². The molecule has 1 aliphatic heterocycles. The number of rotatable bonds is 6. The van der Waals surface area contributed by atoms with Crippen molar-refractivity contribution in [3.8, 4) is 5.75 Å². The Morgan fingerprint density at radius 1 is 1.41 bits per heavy atom. The summed E-state index contributed by atoms with van der Waals surface area (Å²) in [6.07, 6.45) is 0.522. The van der Waals surface area contributed by atoms with Crippen molar-refractivity contribution in [3.05, 3.63) is 40.4 Å². The summed E-state index contributed by atoms with van der Waals surface area (Å²) >= 11 is 1.30. The van der Waals surface area contributed by atoms with Crippen LogP contribution in [0.5, 0.6) is 5.75 Å². The first kappa shape index (κ1) is 19.7. The average molecular weight is 411 g/mol. The number of nitrogens with one attached hydrogen (secondary N) is 1. The quantitative estimate of drug-likeness (QED) is 0.782. The fourth-order valence-corrected chi connectivity index (χ4v) is 4.86. The molecule has 27 heavy (non-hydrogen) atoms. The normalized spacial score (nSPS) is 14.8. The topological polar surface area (TPSA) is 91.8 Å². The number of anilines is 1. The molecule has 8 nitrogen and oxygen atoms in total. The number of hydrogen-bond acceptors (Lipinski definition) is 6. The van der Waals surface area contributed by atoms with Crippen LogP contribution in [0.4, 0.5) is 5.13 Å². The van der Waals surface area contributed by atoms with E-state index >= 15 is 0 Å². The zero-order valence-electron chi connectivity index (χ0n) is 15.4. The summed E-state index contributed by atoms with van der Waals surface area (Å²) in [4.78, 5) is 17.4. The summed E-state index contributed by atoms with van der Waals surface area (Å²) in [7, 11) is -0.438. The van der Waals surface area contributed by atoms with Crippen LogP contribution in [0.2, 0.25) is 0 Å². The lowest BCUT2D eigenvalue weighted by Crippen LogP contribution is -2.42. The Kier molecular flexibility index (Phi) is 5.80. The fourth-order valence-electron chi connectivity index (χ4n) is 2.66. The molecule has 1 amide bonds. The fraction of sp³-hybridized carbons (Fsp3) is 0.412. The standard InChI is InChI=1S/C17H22N4O4S2/c1-12-5-4-6-13(9-12)25-11-16(22)19-17-18-14-7-8-21(10-15(14)26-17)27(23,24)20(2)3/h4-6,9H,7-8,10-11H2,1-3H3,(H,18,19,22). The van der Waals surface area contributed by atoms with Gasteiger partial charge in [-0.3, -0.25) is 10.1 Å². The monoisotopic (exact) mass is 410 g/mol. The highest BCUT2D eigenvalue weighted by molar-refractivity contribution is 7.86. The molecular formula is C17H22N4O4S2. The van der Waals surface area contributed by atoms with Gasteiger partial charge in [0.1, 0.15) is 5.75 Å². The van der Waals surface area contributed by atoms with Gasteiger partial charge in [-0.1, -0.05) is 12.1 Å². The smallest absolute Gasteiger partial charge is 0.281 e. The van der Waals surface area contributed by atoms with E-state index in [2.05, 4.69) is 10.3 Å². The number of carbonyl (C=O) groups excluding carboxylic acids is 1. The summed E-state index contributed by atoms with van der Waals surface area (Å²) in [6, 6.07) is 7.47. The van der Waals surface area contributed by atoms with Crippen LogP contribution in [0.25, 0.3) is 0 Å². The second-order valence-electron chi connectivity index (χ2n) is 6.42. The SMILES string of the molecule is Cc1cccc(OCC(=O)Nc2nc3c(s2)CN(S(=O)(=O)N(C)C)CC3)c1. The minimum absolute atomic E-state index is 0.116. The number of benzene rings is 1. The lowest BCUT2D eigenvalue weighted by Gasteiger charge is -2.27. The van der Waals surface area contributed by atoms with E-state index in [1.54, 1.807) is 6.07 Å². The molecule has 0 saturated carbocycles. The maximum atomic E-state index is 12.3. The lowest BCUT2D eigenvalue weighted by molar-refractivity contribution is -0.118. The van der Waals surface area contributed by atoms with E-state index in [1.807, 2.05) is 25.1 Å². The average Bonchev–Trinajstić information content (AvgIpc) is 3.01. The number of aromatic nitrogens is 1. The molecule has 2 heterocycles. The lowest BCUT2D eigenvalue weighted by atomic mass is 10.2. The van der Waals surface area contributed by atoms with Gasteiger partial charge < -0.3 is 4.74 Å². The molecule has 0 saturated heterocycles. The molecule has 0 atom stereocenters. The molecule has 0 bridgehead atoms. The second-order valence-corrected chi connectivity index (χ2v) is 9.64. The summed E-state index contributed by atoms with van der Waals surface area (Å²) in [5.74, 6) is 0.327. The summed E-state index contributed by atoms with van der Waals surface area (Å²) in [5, 5.41) is 3.19. The number of thiazole rings is 1. The third-order valence-corrected chi connectivity index (χ3v) is 6.97. The molecule has 0 unspecified atom stereocenters. The Bertz CT molecular complexity index is 940. The number of hydrogen-bond donors (Lipinski definition) is 1. The Morgan fingerprint density at radius 3 is 2.89 bits per heavy atom. The van der Waals surface area contributed by atoms with Gasteiger partial charge in [-0.15, -0.1) is 11.3 Å². The van der Waals surface area contributed by atoms with Gasteiger partial charge in [-0.2, -0.15) is 17.0 Å². The summed E-state index contributed by atoms with van der Waals surface area (Å²) in [6.45, 7) is 2.48. The first-order valence-corrected chi connectivity index (χ1v) is 10.6. The summed E-state index contributed by atoms with van der Waals surface area (Å²) in [5.41, 5.74) is 1.89. The predicted octanol–water partition coefficient (Wildman–Crippen LogP) is 1.63. The highest BCUT2D eigenvalue weighted by Gasteiger charge is 2.30. The molecule has 0 fully saturated rings. The van der Waals surface area contributed by atoms with Gasteiger partial charge in [-0.25, -0.2) is 4.98 Å². The zero-order valence-corrected chi connectivity index (χ0v) is 17.1. The van der Waals surface area contributed by atoms with Gasteiger partial charge in [0.15, 0.2) is 11.7 Å². The van der Waals surface area contributed by atoms with Gasteiger partial charge in [0.05, 0.1) is 12.2 Å². The number of ether oxygens (including phenoxy) is 1.